The van der Waals surface area contributed by atoms with Crippen LogP contribution in [0.3, 0.4) is 0 Å². The maximum absolute atomic E-state index is 12.1. The SMILES string of the molecule is O=C(CSc1nnc(-c2ccc(Cl)cc2Cl)o1)Nc1ncc(Br)cc1Br. The first-order chi connectivity index (χ1) is 12.4. The topological polar surface area (TPSA) is 80.9 Å². The average molecular weight is 539 g/mol. The fourth-order valence-corrected chi connectivity index (χ4v) is 3.98. The quantitative estimate of drug-likeness (QED) is 0.420. The van der Waals surface area contributed by atoms with Gasteiger partial charge in [0.1, 0.15) is 5.82 Å². The number of rotatable bonds is 5. The third-order valence-electron chi connectivity index (χ3n) is 2.96. The number of anilines is 1. The number of nitrogens with zero attached hydrogens (tertiary/aromatic N) is 3. The molecule has 0 spiro atoms. The average Bonchev–Trinajstić information content (AvgIpc) is 3.04. The van der Waals surface area contributed by atoms with E-state index in [9.17, 15) is 4.79 Å². The molecule has 0 fully saturated rings. The lowest BCUT2D eigenvalue weighted by atomic mass is 10.2. The molecule has 0 aliphatic carbocycles. The molecular formula is C15H8Br2Cl2N4O2S. The number of hydrogen-bond acceptors (Lipinski definition) is 6. The van der Waals surface area contributed by atoms with Gasteiger partial charge in [-0.3, -0.25) is 4.79 Å². The molecule has 3 rings (SSSR count). The van der Waals surface area contributed by atoms with Gasteiger partial charge in [-0.1, -0.05) is 35.0 Å². The molecule has 26 heavy (non-hydrogen) atoms. The molecule has 1 amide bonds. The zero-order valence-corrected chi connectivity index (χ0v) is 18.2. The smallest absolute Gasteiger partial charge is 0.277 e. The second-order valence-corrected chi connectivity index (χ2v) is 8.36. The van der Waals surface area contributed by atoms with Crippen molar-refractivity contribution in [1.82, 2.24) is 15.2 Å². The van der Waals surface area contributed by atoms with Crippen molar-refractivity contribution < 1.29 is 9.21 Å². The van der Waals surface area contributed by atoms with Crippen molar-refractivity contribution in [2.75, 3.05) is 11.1 Å². The number of benzene rings is 1. The molecule has 2 aromatic heterocycles. The molecule has 1 N–H and O–H groups in total. The number of halogens is 4. The first-order valence-corrected chi connectivity index (χ1v) is 10.3. The lowest BCUT2D eigenvalue weighted by Gasteiger charge is -2.05. The van der Waals surface area contributed by atoms with Gasteiger partial charge in [0.05, 0.1) is 20.8 Å². The Morgan fingerprint density at radius 2 is 2.04 bits per heavy atom. The summed E-state index contributed by atoms with van der Waals surface area (Å²) in [5.41, 5.74) is 0.572. The van der Waals surface area contributed by atoms with Gasteiger partial charge >= 0.3 is 0 Å². The van der Waals surface area contributed by atoms with Gasteiger partial charge in [0, 0.05) is 15.7 Å². The summed E-state index contributed by atoms with van der Waals surface area (Å²) in [7, 11) is 0. The lowest BCUT2D eigenvalue weighted by Crippen LogP contribution is -2.15. The largest absolute Gasteiger partial charge is 0.411 e. The van der Waals surface area contributed by atoms with Crippen molar-refractivity contribution in [2.24, 2.45) is 0 Å². The predicted molar refractivity (Wildman–Crippen MR) is 109 cm³/mol. The van der Waals surface area contributed by atoms with Crippen LogP contribution in [0.25, 0.3) is 11.5 Å². The number of carbonyl (C=O) groups is 1. The van der Waals surface area contributed by atoms with Crippen LogP contribution in [0, 0.1) is 0 Å². The Hall–Kier alpha value is -1.13. The summed E-state index contributed by atoms with van der Waals surface area (Å²) < 4.78 is 7.00. The Balaban J connectivity index is 1.61. The van der Waals surface area contributed by atoms with Crippen LogP contribution < -0.4 is 5.32 Å². The van der Waals surface area contributed by atoms with Gasteiger partial charge in [-0.15, -0.1) is 10.2 Å². The van der Waals surface area contributed by atoms with Gasteiger partial charge in [0.25, 0.3) is 5.22 Å². The number of carbonyl (C=O) groups excluding carboxylic acids is 1. The molecule has 2 heterocycles. The van der Waals surface area contributed by atoms with Crippen molar-refractivity contribution in [3.63, 3.8) is 0 Å². The Labute approximate surface area is 179 Å². The van der Waals surface area contributed by atoms with E-state index in [-0.39, 0.29) is 22.8 Å². The maximum Gasteiger partial charge on any atom is 0.277 e. The van der Waals surface area contributed by atoms with E-state index in [1.807, 2.05) is 0 Å². The first-order valence-electron chi connectivity index (χ1n) is 6.95. The Morgan fingerprint density at radius 1 is 1.23 bits per heavy atom. The molecule has 0 aliphatic heterocycles. The Bertz CT molecular complexity index is 971. The van der Waals surface area contributed by atoms with E-state index < -0.39 is 0 Å². The highest BCUT2D eigenvalue weighted by atomic mass is 79.9. The van der Waals surface area contributed by atoms with Crippen LogP contribution in [-0.2, 0) is 4.79 Å². The summed E-state index contributed by atoms with van der Waals surface area (Å²) in [6.07, 6.45) is 1.59. The van der Waals surface area contributed by atoms with Crippen LogP contribution in [0.4, 0.5) is 5.82 Å². The molecule has 0 radical (unpaired) electrons. The molecule has 11 heteroatoms. The summed E-state index contributed by atoms with van der Waals surface area (Å²) in [5.74, 6) is 0.514. The van der Waals surface area contributed by atoms with E-state index in [1.54, 1.807) is 30.5 Å². The predicted octanol–water partition coefficient (Wildman–Crippen LogP) is 5.69. The fourth-order valence-electron chi connectivity index (χ4n) is 1.84. The molecule has 1 aromatic carbocycles. The van der Waals surface area contributed by atoms with Crippen LogP contribution in [0.1, 0.15) is 0 Å². The lowest BCUT2D eigenvalue weighted by molar-refractivity contribution is -0.113. The second-order valence-electron chi connectivity index (χ2n) is 4.82. The van der Waals surface area contributed by atoms with E-state index in [0.717, 1.165) is 16.2 Å². The van der Waals surface area contributed by atoms with Crippen molar-refractivity contribution >= 4 is 78.5 Å². The van der Waals surface area contributed by atoms with Crippen LogP contribution in [0.15, 0.2) is 49.0 Å². The minimum Gasteiger partial charge on any atom is -0.411 e. The summed E-state index contributed by atoms with van der Waals surface area (Å²) >= 11 is 19.7. The maximum atomic E-state index is 12.1. The molecule has 6 nitrogen and oxygen atoms in total. The first kappa shape index (κ1) is 19.6. The molecule has 0 unspecified atom stereocenters. The zero-order valence-electron chi connectivity index (χ0n) is 12.7. The third-order valence-corrected chi connectivity index (χ3v) is 5.36. The number of hydrogen-bond donors (Lipinski definition) is 1. The van der Waals surface area contributed by atoms with E-state index >= 15 is 0 Å². The van der Waals surface area contributed by atoms with Crippen LogP contribution in [0.5, 0.6) is 0 Å². The summed E-state index contributed by atoms with van der Waals surface area (Å²) in [6, 6.07) is 6.74. The summed E-state index contributed by atoms with van der Waals surface area (Å²) in [6.45, 7) is 0. The highest BCUT2D eigenvalue weighted by molar-refractivity contribution is 9.11. The van der Waals surface area contributed by atoms with Gasteiger partial charge in [-0.05, 0) is 56.1 Å². The van der Waals surface area contributed by atoms with Gasteiger partial charge in [0.15, 0.2) is 0 Å². The number of aromatic nitrogens is 3. The number of pyridine rings is 1. The summed E-state index contributed by atoms with van der Waals surface area (Å²) in [4.78, 5) is 16.2. The van der Waals surface area contributed by atoms with Crippen molar-refractivity contribution in [1.29, 1.82) is 0 Å². The van der Waals surface area contributed by atoms with Crippen molar-refractivity contribution in [3.05, 3.63) is 49.5 Å². The second kappa shape index (κ2) is 8.71. The standard InChI is InChI=1S/C15H8Br2Cl2N4O2S/c16-7-3-10(17)13(20-5-7)21-12(24)6-26-15-23-22-14(25-15)9-2-1-8(18)4-11(9)19/h1-5H,6H2,(H,20,21,24). The minimum absolute atomic E-state index is 0.0835. The Kier molecular flexibility index (Phi) is 6.57. The van der Waals surface area contributed by atoms with Gasteiger partial charge < -0.3 is 9.73 Å². The van der Waals surface area contributed by atoms with E-state index in [4.69, 9.17) is 27.6 Å². The number of nitrogens with one attached hydrogen (secondary N) is 1. The monoisotopic (exact) mass is 536 g/mol. The molecule has 0 atom stereocenters. The minimum atomic E-state index is -0.255. The Morgan fingerprint density at radius 3 is 2.77 bits per heavy atom. The molecule has 3 aromatic rings. The van der Waals surface area contributed by atoms with E-state index in [1.165, 1.54) is 0 Å². The van der Waals surface area contributed by atoms with Gasteiger partial charge in [0.2, 0.25) is 11.8 Å². The third kappa shape index (κ3) is 4.98. The fraction of sp³-hybridized carbons (Fsp3) is 0.0667. The van der Waals surface area contributed by atoms with Crippen LogP contribution in [0.2, 0.25) is 10.0 Å². The van der Waals surface area contributed by atoms with Crippen molar-refractivity contribution in [2.45, 2.75) is 5.22 Å². The molecule has 134 valence electrons. The molecular weight excluding hydrogens is 531 g/mol. The molecule has 0 saturated carbocycles. The van der Waals surface area contributed by atoms with Crippen molar-refractivity contribution in [3.8, 4) is 11.5 Å². The number of amides is 1. The molecule has 0 aliphatic rings. The zero-order chi connectivity index (χ0) is 18.7. The van der Waals surface area contributed by atoms with Gasteiger partial charge in [-0.25, -0.2) is 4.98 Å². The highest BCUT2D eigenvalue weighted by Gasteiger charge is 2.14. The van der Waals surface area contributed by atoms with E-state index in [2.05, 4.69) is 52.4 Å². The normalized spacial score (nSPS) is 10.8. The number of thioether (sulfide) groups is 1. The van der Waals surface area contributed by atoms with E-state index in [0.29, 0.717) is 25.9 Å². The summed E-state index contributed by atoms with van der Waals surface area (Å²) in [5, 5.41) is 11.7. The molecule has 0 saturated heterocycles. The molecule has 0 bridgehead atoms. The van der Waals surface area contributed by atoms with Gasteiger partial charge in [-0.2, -0.15) is 0 Å². The van der Waals surface area contributed by atoms with Crippen LogP contribution >= 0.6 is 66.8 Å². The van der Waals surface area contributed by atoms with Crippen LogP contribution in [-0.4, -0.2) is 26.8 Å². The highest BCUT2D eigenvalue weighted by Crippen LogP contribution is 2.31.